The molecule has 4 aliphatic heterocycles. The summed E-state index contributed by atoms with van der Waals surface area (Å²) in [6, 6.07) is 59.3. The summed E-state index contributed by atoms with van der Waals surface area (Å²) < 4.78 is 45.1. The first kappa shape index (κ1) is 93.7. The zero-order valence-corrected chi connectivity index (χ0v) is 77.6. The minimum atomic E-state index is -0.231. The summed E-state index contributed by atoms with van der Waals surface area (Å²) in [6.45, 7) is 27.7. The molecule has 4 amide bonds. The number of ether oxygens (including phenoxy) is 2. The monoisotopic (exact) mass is 1810 g/mol. The van der Waals surface area contributed by atoms with Gasteiger partial charge in [-0.05, 0) is 183 Å². The van der Waals surface area contributed by atoms with Crippen molar-refractivity contribution in [2.24, 2.45) is 11.8 Å². The number of carbonyl (C=O) groups excluding carboxylic acids is 4. The van der Waals surface area contributed by atoms with E-state index in [9.17, 15) is 28.0 Å². The van der Waals surface area contributed by atoms with Gasteiger partial charge in [0.05, 0.1) is 48.4 Å². The summed E-state index contributed by atoms with van der Waals surface area (Å²) >= 11 is 0. The lowest BCUT2D eigenvalue weighted by Crippen LogP contribution is -2.50. The fourth-order valence-corrected chi connectivity index (χ4v) is 16.4. The number of aromatic nitrogens is 16. The van der Waals surface area contributed by atoms with Crippen LogP contribution in [0.5, 0.6) is 11.6 Å². The average molecular weight is 1810 g/mol. The highest BCUT2D eigenvalue weighted by Crippen LogP contribution is 2.32. The highest BCUT2D eigenvalue weighted by molar-refractivity contribution is 5.80. The van der Waals surface area contributed by atoms with Crippen LogP contribution >= 0.6 is 0 Å². The summed E-state index contributed by atoms with van der Waals surface area (Å²) in [4.78, 5) is 104. The molecule has 0 radical (unpaired) electrons. The largest absolute Gasteiger partial charge is 0.497 e. The number of hydrogen-bond donors (Lipinski definition) is 0. The molecule has 0 saturated carbocycles. The Morgan fingerprint density at radius 3 is 1.14 bits per heavy atom. The lowest BCUT2D eigenvalue weighted by Gasteiger charge is -2.35. The predicted molar refractivity (Wildman–Crippen MR) is 514 cm³/mol. The van der Waals surface area contributed by atoms with E-state index in [0.29, 0.717) is 113 Å². The van der Waals surface area contributed by atoms with Crippen molar-refractivity contribution in [3.8, 4) is 79.4 Å². The van der Waals surface area contributed by atoms with Crippen molar-refractivity contribution >= 4 is 47.0 Å². The van der Waals surface area contributed by atoms with Crippen LogP contribution in [0.1, 0.15) is 61.3 Å². The molecule has 4 aliphatic rings. The first-order valence-electron chi connectivity index (χ1n) is 45.5. The molecule has 32 heteroatoms. The Kier molecular flexibility index (Phi) is 31.0. The molecular weight excluding hydrogens is 1700 g/mol. The number of hydrogen-bond acceptors (Lipinski definition) is 22. The Labute approximate surface area is 780 Å². The van der Waals surface area contributed by atoms with Crippen molar-refractivity contribution < 1.29 is 37.4 Å². The van der Waals surface area contributed by atoms with Gasteiger partial charge in [0.15, 0.2) is 0 Å². The molecule has 692 valence electrons. The van der Waals surface area contributed by atoms with Crippen molar-refractivity contribution in [1.82, 2.24) is 98.6 Å². The SMILES string of the molecule is COc1cc(N2CCN(C(=O)Cn3nc(-c4ccc(C)cn4)cc3-c3ccccc3)CC2)ncn1.COc1ccnc(N2CCN(C(=O)Cn3nc(-c4ccc(C)cn4)cc3-c3ccccc3)CC2)c1.Cc1cc(-c2cc(CC(C)C)n(CC(=O)N3CCN(c4ccccn4)CC3)n2)ccc1F.Cc1cc(-c2cc(CC(C)C)n(CC(=O)N3CCN(c4ncccn4)CC3)n2)ccc1F. The summed E-state index contributed by atoms with van der Waals surface area (Å²) in [5.74, 6) is 5.23. The third-order valence-electron chi connectivity index (χ3n) is 23.8. The summed E-state index contributed by atoms with van der Waals surface area (Å²) in [5, 5.41) is 19.0. The molecule has 0 bridgehead atoms. The maximum absolute atomic E-state index is 13.7. The van der Waals surface area contributed by atoms with E-state index in [4.69, 9.17) is 29.9 Å². The van der Waals surface area contributed by atoms with Crippen LogP contribution in [0.15, 0.2) is 232 Å². The Morgan fingerprint density at radius 1 is 0.336 bits per heavy atom. The number of anilines is 4. The minimum Gasteiger partial charge on any atom is -0.497 e. The van der Waals surface area contributed by atoms with Crippen LogP contribution in [0, 0.1) is 51.2 Å². The number of carbonyl (C=O) groups is 4. The van der Waals surface area contributed by atoms with Crippen LogP contribution in [-0.2, 0) is 58.2 Å². The first-order chi connectivity index (χ1) is 65.0. The molecule has 18 rings (SSSR count). The lowest BCUT2D eigenvalue weighted by atomic mass is 10.1. The molecule has 30 nitrogen and oxygen atoms in total. The number of piperazine rings is 4. The van der Waals surface area contributed by atoms with Crippen LogP contribution in [0.4, 0.5) is 32.2 Å². The molecule has 0 N–H and O–H groups in total. The van der Waals surface area contributed by atoms with Gasteiger partial charge in [0.2, 0.25) is 35.5 Å². The smallest absolute Gasteiger partial charge is 0.244 e. The molecule has 134 heavy (non-hydrogen) atoms. The van der Waals surface area contributed by atoms with Gasteiger partial charge in [-0.15, -0.1) is 0 Å². The van der Waals surface area contributed by atoms with Crippen LogP contribution in [0.3, 0.4) is 0 Å². The second-order valence-electron chi connectivity index (χ2n) is 34.5. The molecular formula is C102H114F2N24O6. The quantitative estimate of drug-likeness (QED) is 0.0543. The van der Waals surface area contributed by atoms with Crippen molar-refractivity contribution in [3.05, 3.63) is 277 Å². The van der Waals surface area contributed by atoms with Crippen molar-refractivity contribution in [1.29, 1.82) is 0 Å². The fraction of sp³-hybridized carbons (Fsp3) is 0.333. The average Bonchev–Trinajstić information content (AvgIpc) is 1.67. The van der Waals surface area contributed by atoms with Crippen LogP contribution < -0.4 is 29.1 Å². The lowest BCUT2D eigenvalue weighted by molar-refractivity contribution is -0.133. The van der Waals surface area contributed by atoms with Gasteiger partial charge in [-0.1, -0.05) is 107 Å². The van der Waals surface area contributed by atoms with Crippen molar-refractivity contribution in [3.63, 3.8) is 0 Å². The van der Waals surface area contributed by atoms with E-state index in [2.05, 4.69) is 87.2 Å². The third kappa shape index (κ3) is 24.2. The maximum atomic E-state index is 13.7. The normalized spacial score (nSPS) is 14.0. The number of aryl methyl sites for hydroxylation is 4. The molecule has 0 spiro atoms. The number of methoxy groups -OCH3 is 2. The molecule has 4 saturated heterocycles. The summed E-state index contributed by atoms with van der Waals surface area (Å²) in [6.07, 6.45) is 13.8. The van der Waals surface area contributed by atoms with Crippen molar-refractivity contribution in [2.75, 3.05) is 139 Å². The zero-order chi connectivity index (χ0) is 93.7. The zero-order valence-electron chi connectivity index (χ0n) is 77.6. The van der Waals surface area contributed by atoms with Gasteiger partial charge in [-0.2, -0.15) is 20.4 Å². The molecule has 14 aromatic rings. The van der Waals surface area contributed by atoms with E-state index in [0.717, 1.165) is 153 Å². The Bertz CT molecular complexity index is 5870. The molecule has 0 aliphatic carbocycles. The van der Waals surface area contributed by atoms with E-state index >= 15 is 0 Å². The Morgan fingerprint density at radius 2 is 0.739 bits per heavy atom. The van der Waals surface area contributed by atoms with Crippen molar-refractivity contribution in [2.45, 2.75) is 94.4 Å². The highest BCUT2D eigenvalue weighted by atomic mass is 19.1. The molecule has 0 unspecified atom stereocenters. The van der Waals surface area contributed by atoms with Gasteiger partial charge in [0, 0.05) is 177 Å². The van der Waals surface area contributed by atoms with E-state index in [1.54, 1.807) is 92.5 Å². The van der Waals surface area contributed by atoms with Gasteiger partial charge in [0.25, 0.3) is 0 Å². The van der Waals surface area contributed by atoms with Gasteiger partial charge < -0.3 is 48.7 Å². The first-order valence-corrected chi connectivity index (χ1v) is 45.5. The van der Waals surface area contributed by atoms with E-state index in [1.165, 1.54) is 18.5 Å². The summed E-state index contributed by atoms with van der Waals surface area (Å²) in [7, 11) is 3.23. The van der Waals surface area contributed by atoms with Gasteiger partial charge in [-0.25, -0.2) is 38.7 Å². The second-order valence-corrected chi connectivity index (χ2v) is 34.5. The fourth-order valence-electron chi connectivity index (χ4n) is 16.4. The highest BCUT2D eigenvalue weighted by Gasteiger charge is 2.30. The predicted octanol–water partition coefficient (Wildman–Crippen LogP) is 14.0. The van der Waals surface area contributed by atoms with Crippen LogP contribution in [-0.4, -0.2) is 241 Å². The topological polar surface area (TPSA) is 287 Å². The number of nitrogens with zero attached hydrogens (tertiary/aromatic N) is 24. The van der Waals surface area contributed by atoms with Gasteiger partial charge in [0.1, 0.15) is 78.7 Å². The van der Waals surface area contributed by atoms with Gasteiger partial charge >= 0.3 is 0 Å². The molecule has 14 heterocycles. The molecule has 4 fully saturated rings. The number of pyridine rings is 4. The maximum Gasteiger partial charge on any atom is 0.244 e. The number of halogens is 2. The summed E-state index contributed by atoms with van der Waals surface area (Å²) in [5.41, 5.74) is 15.5. The standard InChI is InChI=1S/C27H28N6O2.C26H27N7O2.C25H30FN5O.C24H29FN6O/c1-20-8-9-23(29-18-20)24-17-25(21-6-4-3-5-7-21)33(30-24)19-27(34)32-14-12-31(13-15-32)26-16-22(35-2)10-11-28-26;1-19-8-9-21(27-16-19)22-14-23(20-6-4-3-5-7-20)33(30-22)17-26(34)32-12-10-31(11-13-32)24-15-25(35-2)29-18-28-24;1-18(2)14-21-16-23(20-7-8-22(26)19(3)15-20)28-31(21)17-25(32)30-12-10-29(11-13-30)24-6-4-5-9-27-24;1-17(2)13-20-15-22(19-5-6-21(25)18(3)14-19)28-31(20)16-23(32)29-9-11-30(12-10-29)24-26-7-4-8-27-24/h3-11,16-18H,12-15,19H2,1-2H3;3-9,14-16,18H,10-13,17H2,1-2H3;4-9,15-16,18H,10-14,17H2,1-3H3;4-8,14-15,17H,9-13,16H2,1-3H3. The minimum absolute atomic E-state index is 0.0358. The number of amides is 4. The van der Waals surface area contributed by atoms with E-state index in [-0.39, 0.29) is 61.4 Å². The second kappa shape index (κ2) is 44.3. The number of rotatable bonds is 24. The van der Waals surface area contributed by atoms with Gasteiger partial charge in [-0.3, -0.25) is 47.9 Å². The van der Waals surface area contributed by atoms with Crippen LogP contribution in [0.2, 0.25) is 0 Å². The molecule has 4 aromatic carbocycles. The third-order valence-corrected chi connectivity index (χ3v) is 23.8. The Hall–Kier alpha value is -15.0. The van der Waals surface area contributed by atoms with Crippen LogP contribution in [0.25, 0.3) is 67.8 Å². The molecule has 0 atom stereocenters. The Balaban J connectivity index is 0.000000136. The van der Waals surface area contributed by atoms with E-state index < -0.39 is 0 Å². The molecule has 10 aromatic heterocycles. The van der Waals surface area contributed by atoms with E-state index in [1.807, 2.05) is 201 Å². The number of benzene rings is 4.